The van der Waals surface area contributed by atoms with E-state index in [0.717, 1.165) is 44.3 Å². The van der Waals surface area contributed by atoms with Gasteiger partial charge in [0.1, 0.15) is 12.4 Å². The summed E-state index contributed by atoms with van der Waals surface area (Å²) < 4.78 is 1.56. The fraction of sp³-hybridized carbons (Fsp3) is 0.545. The zero-order valence-electron chi connectivity index (χ0n) is 17.5. The Morgan fingerprint density at radius 2 is 1.80 bits per heavy atom. The standard InChI is InChI=1S/C22H30N6O2/c1-26-16-23-22(25-26)24-19(29)15-17-9-13-28(14-10-17)21(30)20(27-11-5-6-12-27)18-7-3-2-4-8-18/h2-4,7-8,16-17,20H,5-6,9-15H2,1H3,(H,24,25,29). The van der Waals surface area contributed by atoms with Crippen molar-refractivity contribution in [1.29, 1.82) is 0 Å². The van der Waals surface area contributed by atoms with Crippen LogP contribution < -0.4 is 5.32 Å². The number of hydrogen-bond donors (Lipinski definition) is 1. The van der Waals surface area contributed by atoms with Crippen LogP contribution in [-0.2, 0) is 16.6 Å². The molecule has 0 saturated carbocycles. The van der Waals surface area contributed by atoms with Gasteiger partial charge in [0.15, 0.2) is 0 Å². The van der Waals surface area contributed by atoms with Crippen LogP contribution in [0.5, 0.6) is 0 Å². The molecule has 3 heterocycles. The SMILES string of the molecule is Cn1cnc(NC(=O)CC2CCN(C(=O)C(c3ccccc3)N3CCCC3)CC2)n1. The predicted octanol–water partition coefficient (Wildman–Crippen LogP) is 2.22. The molecular formula is C22H30N6O2. The number of aromatic nitrogens is 3. The highest BCUT2D eigenvalue weighted by atomic mass is 16.2. The molecule has 1 aromatic carbocycles. The molecule has 0 bridgehead atoms. The summed E-state index contributed by atoms with van der Waals surface area (Å²) >= 11 is 0. The molecule has 2 saturated heterocycles. The maximum absolute atomic E-state index is 13.4. The average molecular weight is 411 g/mol. The second-order valence-electron chi connectivity index (χ2n) is 8.32. The summed E-state index contributed by atoms with van der Waals surface area (Å²) in [4.78, 5) is 34.1. The maximum atomic E-state index is 13.4. The molecule has 2 aromatic rings. The van der Waals surface area contributed by atoms with Crippen molar-refractivity contribution in [3.8, 4) is 0 Å². The first kappa shape index (κ1) is 20.5. The molecule has 1 atom stereocenters. The number of carbonyl (C=O) groups excluding carboxylic acids is 2. The Kier molecular flexibility index (Phi) is 6.42. The van der Waals surface area contributed by atoms with Crippen molar-refractivity contribution in [2.45, 2.75) is 38.1 Å². The Hall–Kier alpha value is -2.74. The molecule has 30 heavy (non-hydrogen) atoms. The summed E-state index contributed by atoms with van der Waals surface area (Å²) in [6, 6.07) is 9.93. The first-order chi connectivity index (χ1) is 14.6. The summed E-state index contributed by atoms with van der Waals surface area (Å²) in [6.45, 7) is 3.36. The molecule has 4 rings (SSSR count). The van der Waals surface area contributed by atoms with Gasteiger partial charge in [0, 0.05) is 26.6 Å². The molecule has 2 aliphatic heterocycles. The number of likely N-dealkylation sites (tertiary alicyclic amines) is 2. The lowest BCUT2D eigenvalue weighted by Crippen LogP contribution is -2.45. The summed E-state index contributed by atoms with van der Waals surface area (Å²) in [5, 5.41) is 6.83. The van der Waals surface area contributed by atoms with Gasteiger partial charge in [-0.2, -0.15) is 0 Å². The number of benzene rings is 1. The highest BCUT2D eigenvalue weighted by molar-refractivity contribution is 5.89. The van der Waals surface area contributed by atoms with Gasteiger partial charge < -0.3 is 4.90 Å². The Bertz CT molecular complexity index is 854. The number of amides is 2. The largest absolute Gasteiger partial charge is 0.341 e. The lowest BCUT2D eigenvalue weighted by atomic mass is 9.92. The van der Waals surface area contributed by atoms with Crippen molar-refractivity contribution in [2.24, 2.45) is 13.0 Å². The normalized spacial score (nSPS) is 19.0. The molecule has 2 fully saturated rings. The Labute approximate surface area is 177 Å². The first-order valence-electron chi connectivity index (χ1n) is 10.8. The van der Waals surface area contributed by atoms with Crippen molar-refractivity contribution < 1.29 is 9.59 Å². The number of anilines is 1. The van der Waals surface area contributed by atoms with Gasteiger partial charge in [-0.25, -0.2) is 4.98 Å². The highest BCUT2D eigenvalue weighted by Crippen LogP contribution is 2.29. The number of nitrogens with zero attached hydrogens (tertiary/aromatic N) is 5. The number of carbonyl (C=O) groups is 2. The van der Waals surface area contributed by atoms with Gasteiger partial charge in [-0.15, -0.1) is 5.10 Å². The second kappa shape index (κ2) is 9.38. The third kappa shape index (κ3) is 4.87. The van der Waals surface area contributed by atoms with E-state index in [4.69, 9.17) is 0 Å². The van der Waals surface area contributed by atoms with E-state index >= 15 is 0 Å². The van der Waals surface area contributed by atoms with Gasteiger partial charge in [-0.3, -0.25) is 24.5 Å². The first-order valence-corrected chi connectivity index (χ1v) is 10.8. The molecule has 2 amide bonds. The van der Waals surface area contributed by atoms with Crippen LogP contribution in [0.3, 0.4) is 0 Å². The molecule has 0 spiro atoms. The summed E-state index contributed by atoms with van der Waals surface area (Å²) in [5.41, 5.74) is 1.08. The minimum atomic E-state index is -0.191. The lowest BCUT2D eigenvalue weighted by molar-refractivity contribution is -0.138. The number of rotatable bonds is 6. The monoisotopic (exact) mass is 410 g/mol. The van der Waals surface area contributed by atoms with Gasteiger partial charge in [-0.05, 0) is 50.3 Å². The Morgan fingerprint density at radius 3 is 2.43 bits per heavy atom. The van der Waals surface area contributed by atoms with Crippen molar-refractivity contribution in [3.63, 3.8) is 0 Å². The molecule has 0 radical (unpaired) electrons. The molecule has 1 N–H and O–H groups in total. The van der Waals surface area contributed by atoms with E-state index in [0.29, 0.717) is 25.5 Å². The topological polar surface area (TPSA) is 83.4 Å². The van der Waals surface area contributed by atoms with Crippen LogP contribution in [0.1, 0.15) is 43.7 Å². The number of piperidine rings is 1. The zero-order chi connectivity index (χ0) is 20.9. The average Bonchev–Trinajstić information content (AvgIpc) is 3.41. The van der Waals surface area contributed by atoms with E-state index in [-0.39, 0.29) is 23.8 Å². The fourth-order valence-corrected chi connectivity index (χ4v) is 4.51. The van der Waals surface area contributed by atoms with Crippen LogP contribution in [0.25, 0.3) is 0 Å². The molecule has 160 valence electrons. The van der Waals surface area contributed by atoms with Crippen molar-refractivity contribution in [1.82, 2.24) is 24.6 Å². The number of aryl methyl sites for hydroxylation is 1. The lowest BCUT2D eigenvalue weighted by Gasteiger charge is -2.36. The van der Waals surface area contributed by atoms with Crippen molar-refractivity contribution in [3.05, 3.63) is 42.2 Å². The van der Waals surface area contributed by atoms with E-state index in [1.54, 1.807) is 18.1 Å². The zero-order valence-corrected chi connectivity index (χ0v) is 17.5. The van der Waals surface area contributed by atoms with Crippen molar-refractivity contribution >= 4 is 17.8 Å². The van der Waals surface area contributed by atoms with Crippen LogP contribution >= 0.6 is 0 Å². The van der Waals surface area contributed by atoms with E-state index in [1.165, 1.54) is 0 Å². The Morgan fingerprint density at radius 1 is 1.10 bits per heavy atom. The smallest absolute Gasteiger partial charge is 0.248 e. The van der Waals surface area contributed by atoms with E-state index < -0.39 is 0 Å². The third-order valence-corrected chi connectivity index (χ3v) is 6.11. The van der Waals surface area contributed by atoms with E-state index in [2.05, 4.69) is 32.4 Å². The maximum Gasteiger partial charge on any atom is 0.248 e. The van der Waals surface area contributed by atoms with Gasteiger partial charge in [0.05, 0.1) is 0 Å². The molecule has 1 aromatic heterocycles. The van der Waals surface area contributed by atoms with Crippen LogP contribution in [0.2, 0.25) is 0 Å². The second-order valence-corrected chi connectivity index (χ2v) is 8.32. The van der Waals surface area contributed by atoms with Crippen LogP contribution in [0, 0.1) is 5.92 Å². The van der Waals surface area contributed by atoms with E-state index in [1.807, 2.05) is 23.1 Å². The van der Waals surface area contributed by atoms with Gasteiger partial charge >= 0.3 is 0 Å². The number of hydrogen-bond acceptors (Lipinski definition) is 5. The summed E-state index contributed by atoms with van der Waals surface area (Å²) in [6.07, 6.45) is 5.99. The van der Waals surface area contributed by atoms with Crippen LogP contribution in [-0.4, -0.2) is 62.6 Å². The number of nitrogens with one attached hydrogen (secondary N) is 1. The van der Waals surface area contributed by atoms with E-state index in [9.17, 15) is 9.59 Å². The van der Waals surface area contributed by atoms with Crippen LogP contribution in [0.15, 0.2) is 36.7 Å². The molecule has 8 nitrogen and oxygen atoms in total. The predicted molar refractivity (Wildman–Crippen MR) is 114 cm³/mol. The van der Waals surface area contributed by atoms with Gasteiger partial charge in [0.25, 0.3) is 0 Å². The summed E-state index contributed by atoms with van der Waals surface area (Å²) in [5.74, 6) is 0.750. The molecular weight excluding hydrogens is 380 g/mol. The van der Waals surface area contributed by atoms with Crippen LogP contribution in [0.4, 0.5) is 5.95 Å². The minimum Gasteiger partial charge on any atom is -0.341 e. The Balaban J connectivity index is 1.33. The van der Waals surface area contributed by atoms with Gasteiger partial charge in [-0.1, -0.05) is 30.3 Å². The molecule has 0 aliphatic carbocycles. The third-order valence-electron chi connectivity index (χ3n) is 6.11. The fourth-order valence-electron chi connectivity index (χ4n) is 4.51. The molecule has 2 aliphatic rings. The highest BCUT2D eigenvalue weighted by Gasteiger charge is 2.34. The quantitative estimate of drug-likeness (QED) is 0.790. The summed E-state index contributed by atoms with van der Waals surface area (Å²) in [7, 11) is 1.76. The van der Waals surface area contributed by atoms with Crippen molar-refractivity contribution in [2.75, 3.05) is 31.5 Å². The minimum absolute atomic E-state index is 0.0646. The molecule has 8 heteroatoms. The molecule has 1 unspecified atom stereocenters. The van der Waals surface area contributed by atoms with Gasteiger partial charge in [0.2, 0.25) is 17.8 Å².